The van der Waals surface area contributed by atoms with E-state index in [1.165, 1.54) is 7.11 Å². The van der Waals surface area contributed by atoms with Crippen molar-refractivity contribution in [2.24, 2.45) is 0 Å². The van der Waals surface area contributed by atoms with Crippen molar-refractivity contribution in [3.05, 3.63) is 35.2 Å². The molecule has 4 rings (SSSR count). The van der Waals surface area contributed by atoms with E-state index in [1.807, 2.05) is 11.8 Å². The Morgan fingerprint density at radius 2 is 2.11 bits per heavy atom. The van der Waals surface area contributed by atoms with Crippen LogP contribution in [0.2, 0.25) is 0 Å². The molecule has 9 heteroatoms. The number of aryl methyl sites for hydroxylation is 1. The number of ether oxygens (including phenoxy) is 1. The quantitative estimate of drug-likeness (QED) is 0.843. The molecule has 0 aromatic carbocycles. The van der Waals surface area contributed by atoms with Gasteiger partial charge in [0, 0.05) is 51.3 Å². The molecule has 0 aliphatic carbocycles. The molecule has 1 N–H and O–H groups in total. The van der Waals surface area contributed by atoms with Gasteiger partial charge < -0.3 is 24.0 Å². The van der Waals surface area contributed by atoms with Crippen molar-refractivity contribution in [1.29, 1.82) is 0 Å². The van der Waals surface area contributed by atoms with E-state index in [-0.39, 0.29) is 18.4 Å². The van der Waals surface area contributed by atoms with Crippen LogP contribution in [-0.2, 0) is 27.9 Å². The van der Waals surface area contributed by atoms with E-state index in [2.05, 4.69) is 15.1 Å². The highest BCUT2D eigenvalue weighted by atomic mass is 16.5. The fourth-order valence-corrected chi connectivity index (χ4v) is 4.37. The highest BCUT2D eigenvalue weighted by molar-refractivity contribution is 5.92. The summed E-state index contributed by atoms with van der Waals surface area (Å²) >= 11 is 0. The van der Waals surface area contributed by atoms with Crippen molar-refractivity contribution in [1.82, 2.24) is 24.9 Å². The molecule has 0 bridgehead atoms. The average molecular weight is 387 g/mol. The molecule has 1 fully saturated rings. The van der Waals surface area contributed by atoms with Gasteiger partial charge in [-0.05, 0) is 12.8 Å². The molecule has 1 saturated heterocycles. The molecule has 0 radical (unpaired) electrons. The Kier molecular flexibility index (Phi) is 4.92. The van der Waals surface area contributed by atoms with Gasteiger partial charge in [-0.3, -0.25) is 9.59 Å². The first kappa shape index (κ1) is 18.7. The molecule has 1 spiro atoms. The Hall–Kier alpha value is -2.68. The summed E-state index contributed by atoms with van der Waals surface area (Å²) in [5.74, 6) is 0.521. The average Bonchev–Trinajstić information content (AvgIpc) is 3.38. The molecule has 2 aromatic rings. The number of imidazole rings is 1. The molecule has 2 aliphatic rings. The second kappa shape index (κ2) is 7.38. The zero-order valence-electron chi connectivity index (χ0n) is 16.2. The summed E-state index contributed by atoms with van der Waals surface area (Å²) in [6.07, 6.45) is 4.39. The van der Waals surface area contributed by atoms with Crippen LogP contribution >= 0.6 is 0 Å². The van der Waals surface area contributed by atoms with Crippen LogP contribution in [0, 0.1) is 0 Å². The minimum absolute atomic E-state index is 0.0417. The minimum Gasteiger partial charge on any atom is -0.375 e. The molecule has 0 saturated carbocycles. The number of carbonyl (C=O) groups excluding carboxylic acids is 2. The van der Waals surface area contributed by atoms with Crippen molar-refractivity contribution in [3.8, 4) is 0 Å². The summed E-state index contributed by atoms with van der Waals surface area (Å²) in [5.41, 5.74) is 1.83. The standard InChI is InChI=1S/C19H25N5O4/c1-3-13-10-15(22-28-13)18(26)23-8-5-19(6-9-23)17-14(20-12-21-17)4-7-24(19)16(25)11-27-2/h10,12H,3-9,11H2,1-2H3,(H,20,21). The number of hydrogen-bond acceptors (Lipinski definition) is 6. The van der Waals surface area contributed by atoms with E-state index in [1.54, 1.807) is 17.3 Å². The first-order valence-corrected chi connectivity index (χ1v) is 9.66. The van der Waals surface area contributed by atoms with Gasteiger partial charge in [0.2, 0.25) is 5.91 Å². The van der Waals surface area contributed by atoms with E-state index in [4.69, 9.17) is 9.26 Å². The first-order valence-electron chi connectivity index (χ1n) is 9.66. The zero-order valence-corrected chi connectivity index (χ0v) is 16.2. The number of H-pyrrole nitrogens is 1. The van der Waals surface area contributed by atoms with E-state index < -0.39 is 5.54 Å². The van der Waals surface area contributed by atoms with Crippen LogP contribution < -0.4 is 0 Å². The summed E-state index contributed by atoms with van der Waals surface area (Å²) in [5, 5.41) is 3.90. The molecule has 28 heavy (non-hydrogen) atoms. The van der Waals surface area contributed by atoms with Gasteiger partial charge in [0.05, 0.1) is 17.6 Å². The van der Waals surface area contributed by atoms with Crippen LogP contribution in [0.25, 0.3) is 0 Å². The lowest BCUT2D eigenvalue weighted by Gasteiger charge is -2.50. The molecular formula is C19H25N5O4. The zero-order chi connectivity index (χ0) is 19.7. The number of rotatable bonds is 4. The minimum atomic E-state index is -0.502. The maximum Gasteiger partial charge on any atom is 0.276 e. The largest absolute Gasteiger partial charge is 0.375 e. The highest BCUT2D eigenvalue weighted by Gasteiger charge is 2.49. The lowest BCUT2D eigenvalue weighted by molar-refractivity contribution is -0.145. The van der Waals surface area contributed by atoms with Crippen molar-refractivity contribution < 1.29 is 18.8 Å². The fraction of sp³-hybridized carbons (Fsp3) is 0.579. The van der Waals surface area contributed by atoms with Gasteiger partial charge >= 0.3 is 0 Å². The van der Waals surface area contributed by atoms with E-state index in [0.29, 0.717) is 50.4 Å². The van der Waals surface area contributed by atoms with Gasteiger partial charge in [-0.25, -0.2) is 4.98 Å². The summed E-state index contributed by atoms with van der Waals surface area (Å²) in [6, 6.07) is 1.70. The van der Waals surface area contributed by atoms with Crippen LogP contribution in [0.1, 0.15) is 47.4 Å². The molecule has 2 amide bonds. The Labute approximate surface area is 163 Å². The number of nitrogens with one attached hydrogen (secondary N) is 1. The van der Waals surface area contributed by atoms with Gasteiger partial charge in [0.15, 0.2) is 5.69 Å². The van der Waals surface area contributed by atoms with Crippen molar-refractivity contribution in [2.45, 2.75) is 38.1 Å². The monoisotopic (exact) mass is 387 g/mol. The summed E-state index contributed by atoms with van der Waals surface area (Å²) < 4.78 is 10.3. The third kappa shape index (κ3) is 2.99. The van der Waals surface area contributed by atoms with Crippen molar-refractivity contribution in [2.75, 3.05) is 33.4 Å². The first-order chi connectivity index (χ1) is 13.6. The number of likely N-dealkylation sites (tertiary alicyclic amines) is 1. The molecule has 0 unspecified atom stereocenters. The van der Waals surface area contributed by atoms with E-state index >= 15 is 0 Å². The lowest BCUT2D eigenvalue weighted by Crippen LogP contribution is -2.59. The molecular weight excluding hydrogens is 362 g/mol. The molecule has 2 aromatic heterocycles. The number of methoxy groups -OCH3 is 1. The van der Waals surface area contributed by atoms with Gasteiger partial charge in [-0.15, -0.1) is 0 Å². The Morgan fingerprint density at radius 1 is 1.32 bits per heavy atom. The lowest BCUT2D eigenvalue weighted by atomic mass is 9.78. The summed E-state index contributed by atoms with van der Waals surface area (Å²) in [7, 11) is 1.53. The van der Waals surface area contributed by atoms with Gasteiger partial charge in [0.25, 0.3) is 5.91 Å². The molecule has 2 aliphatic heterocycles. The number of amides is 2. The van der Waals surface area contributed by atoms with Crippen LogP contribution in [0.4, 0.5) is 0 Å². The maximum atomic E-state index is 12.8. The highest BCUT2D eigenvalue weighted by Crippen LogP contribution is 2.42. The predicted molar refractivity (Wildman–Crippen MR) is 98.6 cm³/mol. The Balaban J connectivity index is 1.56. The molecule has 9 nitrogen and oxygen atoms in total. The van der Waals surface area contributed by atoms with Crippen LogP contribution in [-0.4, -0.2) is 70.1 Å². The Bertz CT molecular complexity index is 865. The number of carbonyl (C=O) groups is 2. The smallest absolute Gasteiger partial charge is 0.276 e. The third-order valence-electron chi connectivity index (χ3n) is 5.83. The second-order valence-electron chi connectivity index (χ2n) is 7.31. The Morgan fingerprint density at radius 3 is 2.79 bits per heavy atom. The van der Waals surface area contributed by atoms with E-state index in [9.17, 15) is 9.59 Å². The normalized spacial score (nSPS) is 18.4. The maximum absolute atomic E-state index is 12.8. The van der Waals surface area contributed by atoms with Crippen LogP contribution in [0.15, 0.2) is 16.9 Å². The predicted octanol–water partition coefficient (Wildman–Crippen LogP) is 1.12. The molecule has 0 atom stereocenters. The van der Waals surface area contributed by atoms with Gasteiger partial charge in [-0.2, -0.15) is 0 Å². The van der Waals surface area contributed by atoms with Crippen LogP contribution in [0.5, 0.6) is 0 Å². The number of hydrogen-bond donors (Lipinski definition) is 1. The number of aromatic amines is 1. The summed E-state index contributed by atoms with van der Waals surface area (Å²) in [6.45, 7) is 3.67. The fourth-order valence-electron chi connectivity index (χ4n) is 4.37. The molecule has 150 valence electrons. The summed E-state index contributed by atoms with van der Waals surface area (Å²) in [4.78, 5) is 37.0. The third-order valence-corrected chi connectivity index (χ3v) is 5.83. The second-order valence-corrected chi connectivity index (χ2v) is 7.31. The number of piperidine rings is 1. The van der Waals surface area contributed by atoms with Gasteiger partial charge in [0.1, 0.15) is 12.4 Å². The topological polar surface area (TPSA) is 105 Å². The molecule has 4 heterocycles. The van der Waals surface area contributed by atoms with Crippen molar-refractivity contribution in [3.63, 3.8) is 0 Å². The van der Waals surface area contributed by atoms with Crippen molar-refractivity contribution >= 4 is 11.8 Å². The number of aromatic nitrogens is 3. The number of fused-ring (bicyclic) bond motifs is 2. The van der Waals surface area contributed by atoms with E-state index in [0.717, 1.165) is 17.8 Å². The SMILES string of the molecule is CCc1cc(C(=O)N2CCC3(CC2)c2nc[nH]c2CCN3C(=O)COC)no1. The van der Waals surface area contributed by atoms with Gasteiger partial charge in [-0.1, -0.05) is 12.1 Å². The van der Waals surface area contributed by atoms with Crippen LogP contribution in [0.3, 0.4) is 0 Å². The number of nitrogens with zero attached hydrogens (tertiary/aromatic N) is 4.